The van der Waals surface area contributed by atoms with Gasteiger partial charge in [-0.1, -0.05) is 16.6 Å². The Morgan fingerprint density at radius 3 is 2.61 bits per heavy atom. The molecule has 1 aromatic rings. The third-order valence-electron chi connectivity index (χ3n) is 6.89. The molecule has 1 amide bonds. The van der Waals surface area contributed by atoms with Gasteiger partial charge in [0.25, 0.3) is 5.91 Å². The summed E-state index contributed by atoms with van der Waals surface area (Å²) in [5.41, 5.74) is -0.0100. The third-order valence-corrected chi connectivity index (χ3v) is 6.89. The van der Waals surface area contributed by atoms with Crippen LogP contribution in [0.2, 0.25) is 0 Å². The largest absolute Gasteiger partial charge is 0.396 e. The summed E-state index contributed by atoms with van der Waals surface area (Å²) in [6.45, 7) is 3.85. The molecule has 1 saturated heterocycles. The molecular weight excluding hydrogens is 363 g/mol. The molecule has 1 saturated carbocycles. The second-order valence-electron chi connectivity index (χ2n) is 8.96. The van der Waals surface area contributed by atoms with Crippen LogP contribution < -0.4 is 0 Å². The zero-order chi connectivity index (χ0) is 20.1. The predicted molar refractivity (Wildman–Crippen MR) is 101 cm³/mol. The highest BCUT2D eigenvalue weighted by atomic mass is 19.2. The van der Waals surface area contributed by atoms with Crippen molar-refractivity contribution in [2.75, 3.05) is 33.4 Å². The van der Waals surface area contributed by atoms with Gasteiger partial charge < -0.3 is 19.8 Å². The molecule has 0 radical (unpaired) electrons. The third kappa shape index (κ3) is 3.34. The van der Waals surface area contributed by atoms with Gasteiger partial charge in [-0.25, -0.2) is 0 Å². The Morgan fingerprint density at radius 2 is 2.00 bits per heavy atom. The molecule has 1 aliphatic carbocycles. The van der Waals surface area contributed by atoms with E-state index in [9.17, 15) is 19.5 Å². The Bertz CT molecular complexity index is 757. The van der Waals surface area contributed by atoms with Crippen LogP contribution in [0.5, 0.6) is 0 Å². The van der Waals surface area contributed by atoms with Crippen molar-refractivity contribution >= 4 is 5.91 Å². The van der Waals surface area contributed by atoms with Crippen LogP contribution in [0, 0.1) is 11.3 Å². The van der Waals surface area contributed by atoms with Crippen LogP contribution in [0.4, 0.5) is 4.48 Å². The van der Waals surface area contributed by atoms with E-state index in [1.165, 1.54) is 0 Å². The Kier molecular flexibility index (Phi) is 4.98. The lowest BCUT2D eigenvalue weighted by atomic mass is 9.77. The molecule has 6 nitrogen and oxygen atoms in total. The van der Waals surface area contributed by atoms with Crippen LogP contribution in [0.25, 0.3) is 0 Å². The molecule has 0 spiro atoms. The second kappa shape index (κ2) is 7.06. The van der Waals surface area contributed by atoms with E-state index in [2.05, 4.69) is 11.9 Å². The van der Waals surface area contributed by atoms with Crippen LogP contribution >= 0.6 is 0 Å². The number of nitrogens with zero attached hydrogens (tertiary/aromatic N) is 2. The summed E-state index contributed by atoms with van der Waals surface area (Å²) in [5, 5.41) is 20.7. The number of carbonyl (C=O) groups is 1. The van der Waals surface area contributed by atoms with E-state index in [1.54, 1.807) is 25.1 Å². The van der Waals surface area contributed by atoms with Gasteiger partial charge in [0, 0.05) is 11.0 Å². The minimum Gasteiger partial charge on any atom is -0.396 e. The second-order valence-corrected chi connectivity index (χ2v) is 8.96. The molecule has 2 atom stereocenters. The highest BCUT2D eigenvalue weighted by Crippen LogP contribution is 2.47. The number of rotatable bonds is 6. The molecule has 2 N–H and O–H groups in total. The fourth-order valence-corrected chi connectivity index (χ4v) is 4.36. The number of hydrogen-bond acceptors (Lipinski definition) is 5. The van der Waals surface area contributed by atoms with Crippen molar-refractivity contribution in [3.05, 3.63) is 34.9 Å². The molecule has 3 aliphatic rings. The molecule has 0 bridgehead atoms. The molecule has 2 aliphatic heterocycles. The topological polar surface area (TPSA) is 73.2 Å². The first kappa shape index (κ1) is 19.8. The standard InChI is InChI=1S/C21H29FN2O4/c1-20(27,14-5-9-23(2)10-6-14)15-3-4-16-17(11-15)18(26)24(22)19(16)28-13-21(12-25)7-8-21/h3-4,11,14,19,25,27H,5-10,12-13H2,1-2H3. The summed E-state index contributed by atoms with van der Waals surface area (Å²) in [4.78, 5) is 14.7. The number of piperidine rings is 1. The van der Waals surface area contributed by atoms with Crippen LogP contribution in [-0.4, -0.2) is 59.5 Å². The molecule has 2 heterocycles. The number of fused-ring (bicyclic) bond motifs is 1. The zero-order valence-corrected chi connectivity index (χ0v) is 16.5. The first-order valence-corrected chi connectivity index (χ1v) is 10.0. The summed E-state index contributed by atoms with van der Waals surface area (Å²) >= 11 is 0. The number of halogens is 1. The number of aliphatic hydroxyl groups is 2. The number of aliphatic hydroxyl groups excluding tert-OH is 1. The van der Waals surface area contributed by atoms with Crippen molar-refractivity contribution in [1.82, 2.24) is 10.0 Å². The van der Waals surface area contributed by atoms with Gasteiger partial charge in [-0.15, -0.1) is 5.12 Å². The van der Waals surface area contributed by atoms with Crippen LogP contribution in [0.3, 0.4) is 0 Å². The van der Waals surface area contributed by atoms with E-state index in [1.807, 2.05) is 0 Å². The van der Waals surface area contributed by atoms with Gasteiger partial charge in [0.15, 0.2) is 6.23 Å². The average molecular weight is 392 g/mol. The van der Waals surface area contributed by atoms with E-state index < -0.39 is 17.7 Å². The summed E-state index contributed by atoms with van der Waals surface area (Å²) in [7, 11) is 2.07. The lowest BCUT2D eigenvalue weighted by molar-refractivity contribution is -0.132. The molecule has 4 rings (SSSR count). The predicted octanol–water partition coefficient (Wildman–Crippen LogP) is 2.36. The van der Waals surface area contributed by atoms with Gasteiger partial charge in [-0.3, -0.25) is 4.79 Å². The van der Waals surface area contributed by atoms with Gasteiger partial charge in [0.1, 0.15) is 0 Å². The van der Waals surface area contributed by atoms with E-state index in [-0.39, 0.29) is 35.2 Å². The van der Waals surface area contributed by atoms with Gasteiger partial charge >= 0.3 is 0 Å². The van der Waals surface area contributed by atoms with E-state index in [4.69, 9.17) is 4.74 Å². The van der Waals surface area contributed by atoms with Gasteiger partial charge in [0.05, 0.1) is 24.4 Å². The molecular formula is C21H29FN2O4. The molecule has 154 valence electrons. The Hall–Kier alpha value is -1.54. The molecule has 1 aromatic carbocycles. The molecule has 0 aromatic heterocycles. The van der Waals surface area contributed by atoms with Crippen molar-refractivity contribution in [3.63, 3.8) is 0 Å². The van der Waals surface area contributed by atoms with Crippen molar-refractivity contribution < 1.29 is 24.2 Å². The molecule has 2 unspecified atom stereocenters. The highest BCUT2D eigenvalue weighted by molar-refractivity contribution is 5.98. The van der Waals surface area contributed by atoms with Crippen molar-refractivity contribution in [2.45, 2.75) is 44.4 Å². The van der Waals surface area contributed by atoms with Crippen molar-refractivity contribution in [1.29, 1.82) is 0 Å². The van der Waals surface area contributed by atoms with Crippen molar-refractivity contribution in [2.24, 2.45) is 11.3 Å². The fourth-order valence-electron chi connectivity index (χ4n) is 4.36. The summed E-state index contributed by atoms with van der Waals surface area (Å²) in [5.74, 6) is -0.652. The smallest absolute Gasteiger partial charge is 0.284 e. The normalized spacial score (nSPS) is 27.0. The summed E-state index contributed by atoms with van der Waals surface area (Å²) in [6.07, 6.45) is 2.36. The lowest BCUT2D eigenvalue weighted by Gasteiger charge is -2.39. The maximum Gasteiger partial charge on any atom is 0.284 e. The minimum atomic E-state index is -1.09. The Balaban J connectivity index is 1.55. The first-order valence-electron chi connectivity index (χ1n) is 10.0. The summed E-state index contributed by atoms with van der Waals surface area (Å²) in [6, 6.07) is 5.08. The number of ether oxygens (including phenoxy) is 1. The van der Waals surface area contributed by atoms with Crippen LogP contribution in [0.15, 0.2) is 18.2 Å². The zero-order valence-electron chi connectivity index (χ0n) is 16.5. The fraction of sp³-hybridized carbons (Fsp3) is 0.667. The molecule has 7 heteroatoms. The average Bonchev–Trinajstić information content (AvgIpc) is 3.43. The minimum absolute atomic E-state index is 0.00515. The number of likely N-dealkylation sites (tertiary alicyclic amines) is 1. The lowest BCUT2D eigenvalue weighted by Crippen LogP contribution is -2.40. The number of amides is 1. The molecule has 2 fully saturated rings. The summed E-state index contributed by atoms with van der Waals surface area (Å²) < 4.78 is 20.2. The Morgan fingerprint density at radius 1 is 1.32 bits per heavy atom. The van der Waals surface area contributed by atoms with Crippen molar-refractivity contribution in [3.8, 4) is 0 Å². The van der Waals surface area contributed by atoms with E-state index >= 15 is 0 Å². The number of benzene rings is 1. The first-order chi connectivity index (χ1) is 13.3. The van der Waals surface area contributed by atoms with E-state index in [0.717, 1.165) is 38.8 Å². The maximum atomic E-state index is 14.5. The van der Waals surface area contributed by atoms with E-state index in [0.29, 0.717) is 11.1 Å². The van der Waals surface area contributed by atoms with Crippen LogP contribution in [-0.2, 0) is 10.3 Å². The maximum absolute atomic E-state index is 14.5. The van der Waals surface area contributed by atoms with Crippen LogP contribution in [0.1, 0.15) is 60.3 Å². The van der Waals surface area contributed by atoms with Gasteiger partial charge in [0.2, 0.25) is 0 Å². The monoisotopic (exact) mass is 392 g/mol. The number of hydrogen-bond donors (Lipinski definition) is 2. The number of carbonyl (C=O) groups excluding carboxylic acids is 1. The van der Waals surface area contributed by atoms with Gasteiger partial charge in [-0.05, 0) is 70.3 Å². The van der Waals surface area contributed by atoms with Gasteiger partial charge in [-0.2, -0.15) is 0 Å². The molecule has 28 heavy (non-hydrogen) atoms. The quantitative estimate of drug-likeness (QED) is 0.727. The highest BCUT2D eigenvalue weighted by Gasteiger charge is 2.46. The SMILES string of the molecule is CN1CCC(C(C)(O)c2ccc3c(c2)C(=O)N(F)C3OCC2(CO)CC2)CC1. The Labute approximate surface area is 164 Å².